The zero-order valence-corrected chi connectivity index (χ0v) is 23.4. The second-order valence-electron chi connectivity index (χ2n) is 10.4. The number of carbonyl (C=O) groups is 2. The zero-order chi connectivity index (χ0) is 27.7. The Bertz CT molecular complexity index is 1430. The maximum Gasteiger partial charge on any atom is 0.261 e. The molecule has 4 aromatic carbocycles. The van der Waals surface area contributed by atoms with Crippen molar-refractivity contribution < 1.29 is 14.3 Å². The van der Waals surface area contributed by atoms with Crippen LogP contribution in [0.4, 0.5) is 0 Å². The van der Waals surface area contributed by atoms with Crippen LogP contribution in [0.15, 0.2) is 97.1 Å². The predicted molar refractivity (Wildman–Crippen MR) is 160 cm³/mol. The molecular weight excluding hydrogens is 520 g/mol. The van der Waals surface area contributed by atoms with E-state index < -0.39 is 6.04 Å². The number of hydrogen-bond donors (Lipinski definition) is 1. The fourth-order valence-electron chi connectivity index (χ4n) is 5.45. The minimum Gasteiger partial charge on any atom is -0.483 e. The molecule has 0 unspecified atom stereocenters. The van der Waals surface area contributed by atoms with E-state index in [1.54, 1.807) is 11.0 Å². The molecule has 206 valence electrons. The molecule has 2 amide bonds. The number of carbonyl (C=O) groups excluding carboxylic acids is 2. The number of nitrogens with zero attached hydrogens (tertiary/aromatic N) is 1. The monoisotopic (exact) mass is 554 g/mol. The van der Waals surface area contributed by atoms with Crippen LogP contribution < -0.4 is 10.1 Å². The number of hydrogen-bond acceptors (Lipinski definition) is 3. The van der Waals surface area contributed by atoms with Crippen LogP contribution >= 0.6 is 11.6 Å². The highest BCUT2D eigenvalue weighted by atomic mass is 35.5. The number of nitrogens with one attached hydrogen (secondary N) is 1. The number of rotatable bonds is 10. The van der Waals surface area contributed by atoms with Gasteiger partial charge in [-0.05, 0) is 41.5 Å². The van der Waals surface area contributed by atoms with E-state index in [1.165, 1.54) is 6.42 Å². The molecule has 5 nitrogen and oxygen atoms in total. The lowest BCUT2D eigenvalue weighted by molar-refractivity contribution is -0.143. The fraction of sp³-hybridized carbons (Fsp3) is 0.294. The molecular formula is C34H35ClN2O3. The van der Waals surface area contributed by atoms with Crippen molar-refractivity contribution in [2.24, 2.45) is 0 Å². The molecule has 0 saturated heterocycles. The van der Waals surface area contributed by atoms with Gasteiger partial charge in [0.05, 0.1) is 0 Å². The van der Waals surface area contributed by atoms with E-state index in [-0.39, 0.29) is 31.0 Å². The Morgan fingerprint density at radius 3 is 2.35 bits per heavy atom. The highest BCUT2D eigenvalue weighted by Gasteiger charge is 2.32. The van der Waals surface area contributed by atoms with Crippen LogP contribution in [0.2, 0.25) is 5.02 Å². The van der Waals surface area contributed by atoms with Gasteiger partial charge in [0.25, 0.3) is 5.91 Å². The van der Waals surface area contributed by atoms with Crippen molar-refractivity contribution in [3.8, 4) is 5.75 Å². The maximum absolute atomic E-state index is 14.0. The summed E-state index contributed by atoms with van der Waals surface area (Å²) >= 11 is 6.54. The summed E-state index contributed by atoms with van der Waals surface area (Å²) in [5, 5.41) is 5.80. The van der Waals surface area contributed by atoms with E-state index in [9.17, 15) is 9.59 Å². The summed E-state index contributed by atoms with van der Waals surface area (Å²) in [6.07, 6.45) is 5.73. The molecule has 0 aromatic heterocycles. The second-order valence-corrected chi connectivity index (χ2v) is 10.8. The number of ether oxygens (including phenoxy) is 1. The first kappa shape index (κ1) is 27.7. The first-order valence-corrected chi connectivity index (χ1v) is 14.4. The Labute approximate surface area is 241 Å². The summed E-state index contributed by atoms with van der Waals surface area (Å²) in [5.74, 6) is 0.226. The average Bonchev–Trinajstić information content (AvgIpc) is 2.99. The molecule has 0 bridgehead atoms. The van der Waals surface area contributed by atoms with Crippen molar-refractivity contribution in [3.05, 3.63) is 113 Å². The molecule has 1 aliphatic rings. The van der Waals surface area contributed by atoms with Crippen LogP contribution in [-0.2, 0) is 22.6 Å². The third-order valence-corrected chi connectivity index (χ3v) is 7.99. The molecule has 40 heavy (non-hydrogen) atoms. The Morgan fingerprint density at radius 1 is 0.850 bits per heavy atom. The maximum atomic E-state index is 14.0. The Balaban J connectivity index is 1.44. The van der Waals surface area contributed by atoms with E-state index in [1.807, 2.05) is 91.0 Å². The Kier molecular flexibility index (Phi) is 9.35. The third-order valence-electron chi connectivity index (χ3n) is 7.62. The smallest absolute Gasteiger partial charge is 0.261 e. The quantitative estimate of drug-likeness (QED) is 0.230. The van der Waals surface area contributed by atoms with Gasteiger partial charge in [-0.25, -0.2) is 0 Å². The van der Waals surface area contributed by atoms with Gasteiger partial charge in [0, 0.05) is 29.4 Å². The lowest BCUT2D eigenvalue weighted by atomic mass is 9.94. The van der Waals surface area contributed by atoms with E-state index in [2.05, 4.69) is 5.32 Å². The van der Waals surface area contributed by atoms with Crippen LogP contribution in [0, 0.1) is 0 Å². The number of fused-ring (bicyclic) bond motifs is 1. The lowest BCUT2D eigenvalue weighted by Crippen LogP contribution is -2.53. The summed E-state index contributed by atoms with van der Waals surface area (Å²) in [6, 6.07) is 30.4. The van der Waals surface area contributed by atoms with E-state index in [0.29, 0.717) is 17.2 Å². The third kappa shape index (κ3) is 7.02. The molecule has 5 rings (SSSR count). The largest absolute Gasteiger partial charge is 0.483 e. The molecule has 0 radical (unpaired) electrons. The van der Waals surface area contributed by atoms with Crippen molar-refractivity contribution in [2.75, 3.05) is 6.61 Å². The molecule has 1 atom stereocenters. The average molecular weight is 555 g/mol. The SMILES string of the molecule is O=C(NC1CCCCC1)[C@@H](Cc1ccccc1)N(Cc1ccccc1Cl)C(=O)COc1cccc2ccccc12. The summed E-state index contributed by atoms with van der Waals surface area (Å²) < 4.78 is 6.10. The highest BCUT2D eigenvalue weighted by Crippen LogP contribution is 2.26. The van der Waals surface area contributed by atoms with Crippen molar-refractivity contribution in [1.29, 1.82) is 0 Å². The van der Waals surface area contributed by atoms with Gasteiger partial charge in [-0.1, -0.05) is 116 Å². The van der Waals surface area contributed by atoms with Crippen molar-refractivity contribution in [2.45, 2.75) is 57.2 Å². The molecule has 1 fully saturated rings. The van der Waals surface area contributed by atoms with Gasteiger partial charge >= 0.3 is 0 Å². The molecule has 6 heteroatoms. The Morgan fingerprint density at radius 2 is 1.55 bits per heavy atom. The van der Waals surface area contributed by atoms with Gasteiger partial charge in [0.1, 0.15) is 11.8 Å². The van der Waals surface area contributed by atoms with Gasteiger partial charge in [-0.3, -0.25) is 9.59 Å². The summed E-state index contributed by atoms with van der Waals surface area (Å²) in [4.78, 5) is 29.5. The number of benzene rings is 4. The fourth-order valence-corrected chi connectivity index (χ4v) is 5.65. The first-order chi connectivity index (χ1) is 19.6. The molecule has 0 heterocycles. The van der Waals surface area contributed by atoms with Crippen LogP contribution in [0.3, 0.4) is 0 Å². The van der Waals surface area contributed by atoms with Crippen molar-refractivity contribution >= 4 is 34.2 Å². The standard InChI is InChI=1S/C34H35ClN2O3/c35-30-20-10-8-15-27(30)23-37(33(38)24-40-32-21-11-16-26-14-7-9-19-29(26)32)31(22-25-12-3-1-4-13-25)34(39)36-28-17-5-2-6-18-28/h1,3-4,7-16,19-21,28,31H,2,5-6,17-18,22-24H2,(H,36,39)/t31-/m1/s1. The molecule has 1 saturated carbocycles. The molecule has 1 N–H and O–H groups in total. The van der Waals surface area contributed by atoms with Gasteiger partial charge in [-0.15, -0.1) is 0 Å². The minimum absolute atomic E-state index is 0.128. The molecule has 4 aromatic rings. The summed E-state index contributed by atoms with van der Waals surface area (Å²) in [6.45, 7) is 0.00739. The highest BCUT2D eigenvalue weighted by molar-refractivity contribution is 6.31. The van der Waals surface area contributed by atoms with Crippen LogP contribution in [0.25, 0.3) is 10.8 Å². The van der Waals surface area contributed by atoms with E-state index in [0.717, 1.165) is 47.6 Å². The topological polar surface area (TPSA) is 58.6 Å². The van der Waals surface area contributed by atoms with Crippen LogP contribution in [-0.4, -0.2) is 35.4 Å². The van der Waals surface area contributed by atoms with Gasteiger partial charge < -0.3 is 15.0 Å². The van der Waals surface area contributed by atoms with Crippen LogP contribution in [0.1, 0.15) is 43.2 Å². The molecule has 1 aliphatic carbocycles. The van der Waals surface area contributed by atoms with Gasteiger partial charge in [0.15, 0.2) is 6.61 Å². The summed E-state index contributed by atoms with van der Waals surface area (Å²) in [5.41, 5.74) is 1.77. The first-order valence-electron chi connectivity index (χ1n) is 14.1. The van der Waals surface area contributed by atoms with Crippen molar-refractivity contribution in [1.82, 2.24) is 10.2 Å². The predicted octanol–water partition coefficient (Wildman–Crippen LogP) is 6.96. The Hall–Kier alpha value is -3.83. The summed E-state index contributed by atoms with van der Waals surface area (Å²) in [7, 11) is 0. The van der Waals surface area contributed by atoms with Gasteiger partial charge in [0.2, 0.25) is 5.91 Å². The van der Waals surface area contributed by atoms with Crippen molar-refractivity contribution in [3.63, 3.8) is 0 Å². The van der Waals surface area contributed by atoms with Crippen LogP contribution in [0.5, 0.6) is 5.75 Å². The van der Waals surface area contributed by atoms with E-state index >= 15 is 0 Å². The number of halogens is 1. The minimum atomic E-state index is -0.718. The van der Waals surface area contributed by atoms with Gasteiger partial charge in [-0.2, -0.15) is 0 Å². The lowest BCUT2D eigenvalue weighted by Gasteiger charge is -2.33. The normalized spacial score (nSPS) is 14.4. The van der Waals surface area contributed by atoms with E-state index in [4.69, 9.17) is 16.3 Å². The molecule has 0 spiro atoms. The molecule has 0 aliphatic heterocycles. The second kappa shape index (κ2) is 13.5. The zero-order valence-electron chi connectivity index (χ0n) is 22.6. The number of amides is 2.